The lowest BCUT2D eigenvalue weighted by Crippen LogP contribution is -2.45. The molecule has 1 aliphatic rings. The van der Waals surface area contributed by atoms with Gasteiger partial charge in [-0.25, -0.2) is 13.8 Å². The van der Waals surface area contributed by atoms with Crippen molar-refractivity contribution in [3.63, 3.8) is 0 Å². The van der Waals surface area contributed by atoms with E-state index in [0.717, 1.165) is 5.56 Å². The van der Waals surface area contributed by atoms with Gasteiger partial charge in [0.2, 0.25) is 5.88 Å². The first kappa shape index (κ1) is 19.7. The molecule has 0 amide bonds. The molecule has 3 nitrogen and oxygen atoms in total. The third-order valence-electron chi connectivity index (χ3n) is 5.40. The van der Waals surface area contributed by atoms with Gasteiger partial charge >= 0.3 is 0 Å². The molecule has 3 atom stereocenters. The zero-order valence-corrected chi connectivity index (χ0v) is 16.2. The summed E-state index contributed by atoms with van der Waals surface area (Å²) >= 11 is 0. The maximum Gasteiger partial charge on any atom is 0.254 e. The van der Waals surface area contributed by atoms with Crippen LogP contribution in [0.25, 0.3) is 0 Å². The topological polar surface area (TPSA) is 35.0 Å². The summed E-state index contributed by atoms with van der Waals surface area (Å²) in [6.45, 7) is 6.01. The number of hydrogen-bond donors (Lipinski definition) is 0. The van der Waals surface area contributed by atoms with Crippen LogP contribution in [0.4, 0.5) is 8.78 Å². The molecule has 1 aromatic heterocycles. The molecule has 3 rings (SSSR count). The summed E-state index contributed by atoms with van der Waals surface area (Å²) in [5.41, 5.74) is 1.08. The van der Waals surface area contributed by atoms with Gasteiger partial charge in [0.1, 0.15) is 11.9 Å². The van der Waals surface area contributed by atoms with Crippen LogP contribution in [0.15, 0.2) is 42.6 Å². The average molecular weight is 374 g/mol. The van der Waals surface area contributed by atoms with Gasteiger partial charge in [-0.05, 0) is 30.7 Å². The number of benzene rings is 1. The zero-order valence-electron chi connectivity index (χ0n) is 16.2. The zero-order chi connectivity index (χ0) is 19.4. The van der Waals surface area contributed by atoms with Crippen molar-refractivity contribution in [1.29, 1.82) is 0 Å². The summed E-state index contributed by atoms with van der Waals surface area (Å²) in [7, 11) is 0. The molecule has 1 fully saturated rings. The Morgan fingerprint density at radius 1 is 1.15 bits per heavy atom. The molecule has 0 unspecified atom stereocenters. The Balaban J connectivity index is 1.78. The highest BCUT2D eigenvalue weighted by molar-refractivity contribution is 5.19. The van der Waals surface area contributed by atoms with Crippen molar-refractivity contribution in [1.82, 2.24) is 9.97 Å². The summed E-state index contributed by atoms with van der Waals surface area (Å²) in [6, 6.07) is 11.5. The van der Waals surface area contributed by atoms with Crippen LogP contribution >= 0.6 is 0 Å². The third kappa shape index (κ3) is 4.82. The summed E-state index contributed by atoms with van der Waals surface area (Å²) in [5, 5.41) is 0. The molecule has 0 saturated heterocycles. The van der Waals surface area contributed by atoms with Gasteiger partial charge in [0.25, 0.3) is 5.92 Å². The van der Waals surface area contributed by atoms with E-state index >= 15 is 0 Å². The first-order valence-electron chi connectivity index (χ1n) is 9.79. The second-order valence-corrected chi connectivity index (χ2v) is 7.87. The Kier molecular flexibility index (Phi) is 6.08. The highest BCUT2D eigenvalue weighted by atomic mass is 19.3. The van der Waals surface area contributed by atoms with E-state index in [1.165, 1.54) is 0 Å². The Labute approximate surface area is 160 Å². The molecule has 1 heterocycles. The molecule has 2 aromatic rings. The number of aromatic nitrogens is 2. The quantitative estimate of drug-likeness (QED) is 0.624. The van der Waals surface area contributed by atoms with Crippen molar-refractivity contribution >= 4 is 0 Å². The van der Waals surface area contributed by atoms with E-state index in [2.05, 4.69) is 9.97 Å². The molecule has 0 bridgehead atoms. The minimum atomic E-state index is -2.72. The van der Waals surface area contributed by atoms with E-state index in [9.17, 15) is 8.78 Å². The number of hydrogen-bond acceptors (Lipinski definition) is 3. The van der Waals surface area contributed by atoms with Gasteiger partial charge in [-0.1, -0.05) is 51.1 Å². The fraction of sp³-hybridized carbons (Fsp3) is 0.545. The second kappa shape index (κ2) is 8.32. The van der Waals surface area contributed by atoms with E-state index in [-0.39, 0.29) is 18.3 Å². The number of nitrogens with zero attached hydrogens (tertiary/aromatic N) is 2. The Hall–Kier alpha value is -2.04. The third-order valence-corrected chi connectivity index (χ3v) is 5.40. The van der Waals surface area contributed by atoms with Crippen LogP contribution < -0.4 is 4.74 Å². The van der Waals surface area contributed by atoms with Crippen LogP contribution in [0.5, 0.6) is 5.88 Å². The van der Waals surface area contributed by atoms with Crippen LogP contribution in [0.1, 0.15) is 69.7 Å². The average Bonchev–Trinajstić information content (AvgIpc) is 2.65. The summed E-state index contributed by atoms with van der Waals surface area (Å²) in [6.07, 6.45) is 2.53. The van der Waals surface area contributed by atoms with Crippen LogP contribution in [0.2, 0.25) is 0 Å². The highest BCUT2D eigenvalue weighted by Crippen LogP contribution is 2.44. The highest BCUT2D eigenvalue weighted by Gasteiger charge is 2.48. The van der Waals surface area contributed by atoms with Gasteiger partial charge in [0, 0.05) is 24.6 Å². The molecule has 146 valence electrons. The molecule has 1 aliphatic carbocycles. The fourth-order valence-electron chi connectivity index (χ4n) is 3.82. The van der Waals surface area contributed by atoms with Crippen LogP contribution in [-0.2, 0) is 0 Å². The lowest BCUT2D eigenvalue weighted by Gasteiger charge is -2.39. The van der Waals surface area contributed by atoms with Gasteiger partial charge in [-0.2, -0.15) is 4.98 Å². The minimum Gasteiger partial charge on any atom is -0.474 e. The van der Waals surface area contributed by atoms with Crippen molar-refractivity contribution < 1.29 is 13.5 Å². The number of rotatable bonds is 6. The normalized spacial score (nSPS) is 23.2. The Morgan fingerprint density at radius 2 is 1.89 bits per heavy atom. The lowest BCUT2D eigenvalue weighted by molar-refractivity contribution is -0.131. The summed E-state index contributed by atoms with van der Waals surface area (Å²) in [4.78, 5) is 8.64. The molecule has 27 heavy (non-hydrogen) atoms. The van der Waals surface area contributed by atoms with Crippen LogP contribution in [-0.4, -0.2) is 22.0 Å². The Bertz CT molecular complexity index is 736. The number of halogens is 2. The van der Waals surface area contributed by atoms with Gasteiger partial charge in [0.05, 0.1) is 5.92 Å². The van der Waals surface area contributed by atoms with E-state index in [4.69, 9.17) is 4.74 Å². The first-order valence-corrected chi connectivity index (χ1v) is 9.79. The summed E-state index contributed by atoms with van der Waals surface area (Å²) in [5.74, 6) is -2.27. The van der Waals surface area contributed by atoms with Crippen molar-refractivity contribution in [2.75, 3.05) is 0 Å². The van der Waals surface area contributed by atoms with Gasteiger partial charge in [0.15, 0.2) is 0 Å². The van der Waals surface area contributed by atoms with E-state index < -0.39 is 17.9 Å². The second-order valence-electron chi connectivity index (χ2n) is 7.87. The van der Waals surface area contributed by atoms with Gasteiger partial charge < -0.3 is 4.74 Å². The molecule has 1 saturated carbocycles. The predicted molar refractivity (Wildman–Crippen MR) is 102 cm³/mol. The van der Waals surface area contributed by atoms with E-state index in [0.29, 0.717) is 31.0 Å². The minimum absolute atomic E-state index is 0.0444. The van der Waals surface area contributed by atoms with E-state index in [1.54, 1.807) is 12.3 Å². The molecule has 0 N–H and O–H groups in total. The van der Waals surface area contributed by atoms with Crippen molar-refractivity contribution in [2.24, 2.45) is 5.92 Å². The van der Waals surface area contributed by atoms with Crippen molar-refractivity contribution in [3.8, 4) is 5.88 Å². The molecular weight excluding hydrogens is 346 g/mol. The first-order chi connectivity index (χ1) is 12.9. The predicted octanol–water partition coefficient (Wildman–Crippen LogP) is 5.98. The van der Waals surface area contributed by atoms with Crippen molar-refractivity contribution in [3.05, 3.63) is 54.0 Å². The molecule has 5 heteroatoms. The smallest absolute Gasteiger partial charge is 0.254 e. The SMILES string of the molecule is CC(C)c1nccc(O[C@H]2CCCC(F)(F)[C@@H]2C[C@H](C)c2ccccc2)n1. The Morgan fingerprint density at radius 3 is 2.59 bits per heavy atom. The fourth-order valence-corrected chi connectivity index (χ4v) is 3.82. The number of ether oxygens (including phenoxy) is 1. The van der Waals surface area contributed by atoms with Crippen LogP contribution in [0.3, 0.4) is 0 Å². The largest absolute Gasteiger partial charge is 0.474 e. The standard InChI is InChI=1S/C22H28F2N2O/c1-15(2)21-25-13-11-20(26-21)27-19-10-7-12-22(23,24)18(19)14-16(3)17-8-5-4-6-9-17/h4-6,8-9,11,13,15-16,18-19H,7,10,12,14H2,1-3H3/t16-,18+,19-/m0/s1. The van der Waals surface area contributed by atoms with Crippen LogP contribution in [0, 0.1) is 5.92 Å². The lowest BCUT2D eigenvalue weighted by atomic mass is 9.76. The van der Waals surface area contributed by atoms with Gasteiger partial charge in [-0.15, -0.1) is 0 Å². The molecular formula is C22H28F2N2O. The molecule has 1 aromatic carbocycles. The van der Waals surface area contributed by atoms with E-state index in [1.807, 2.05) is 51.1 Å². The summed E-state index contributed by atoms with van der Waals surface area (Å²) < 4.78 is 35.6. The monoisotopic (exact) mass is 374 g/mol. The maximum absolute atomic E-state index is 14.8. The molecule has 0 radical (unpaired) electrons. The van der Waals surface area contributed by atoms with Gasteiger partial charge in [-0.3, -0.25) is 0 Å². The maximum atomic E-state index is 14.8. The molecule has 0 spiro atoms. The van der Waals surface area contributed by atoms with Crippen molar-refractivity contribution in [2.45, 2.75) is 70.3 Å². The molecule has 0 aliphatic heterocycles. The number of alkyl halides is 2.